The van der Waals surface area contributed by atoms with Gasteiger partial charge in [0.15, 0.2) is 0 Å². The molecule has 0 unspecified atom stereocenters. The van der Waals surface area contributed by atoms with Crippen LogP contribution in [0.2, 0.25) is 0 Å². The number of hydrogen-bond acceptors (Lipinski definition) is 3. The van der Waals surface area contributed by atoms with Gasteiger partial charge in [-0.3, -0.25) is 9.59 Å². The Morgan fingerprint density at radius 1 is 1.26 bits per heavy atom. The predicted octanol–water partition coefficient (Wildman–Crippen LogP) is 2.28. The van der Waals surface area contributed by atoms with Crippen LogP contribution >= 0.6 is 0 Å². The third-order valence-corrected chi connectivity index (χ3v) is 4.22. The number of hydrogen-bond donors (Lipinski definition) is 1. The first kappa shape index (κ1) is 15.3. The first-order valence-electron chi connectivity index (χ1n) is 7.70. The van der Waals surface area contributed by atoms with Crippen molar-refractivity contribution in [2.75, 3.05) is 7.11 Å². The molecule has 23 heavy (non-hydrogen) atoms. The van der Waals surface area contributed by atoms with E-state index in [-0.39, 0.29) is 17.5 Å². The zero-order valence-electron chi connectivity index (χ0n) is 13.3. The Balaban J connectivity index is 1.80. The molecule has 3 rings (SSSR count). The standard InChI is InChI=1S/C18H20N2O3/c1-20-10-9-14(11-16(20)21)18(22)19-17(12-3-4-12)13-5-7-15(23-2)8-6-13/h5-12,17H,3-4H2,1-2H3,(H,19,22)/t17-/m1/s1. The lowest BCUT2D eigenvalue weighted by atomic mass is 10.0. The highest BCUT2D eigenvalue weighted by Crippen LogP contribution is 2.41. The van der Waals surface area contributed by atoms with Crippen LogP contribution in [0, 0.1) is 5.92 Å². The number of pyridine rings is 1. The molecule has 2 aromatic rings. The van der Waals surface area contributed by atoms with Gasteiger partial charge in [0.25, 0.3) is 11.5 Å². The van der Waals surface area contributed by atoms with Gasteiger partial charge in [0.05, 0.1) is 13.2 Å². The molecule has 1 amide bonds. The molecule has 1 saturated carbocycles. The van der Waals surface area contributed by atoms with Crippen molar-refractivity contribution in [2.45, 2.75) is 18.9 Å². The van der Waals surface area contributed by atoms with Crippen LogP contribution in [0.5, 0.6) is 5.75 Å². The summed E-state index contributed by atoms with van der Waals surface area (Å²) in [6, 6.07) is 10.8. The van der Waals surface area contributed by atoms with Crippen LogP contribution in [0.1, 0.15) is 34.8 Å². The number of carbonyl (C=O) groups is 1. The molecule has 1 aromatic carbocycles. The molecule has 5 nitrogen and oxygen atoms in total. The zero-order valence-corrected chi connectivity index (χ0v) is 13.3. The maximum Gasteiger partial charge on any atom is 0.252 e. The fraction of sp³-hybridized carbons (Fsp3) is 0.333. The van der Waals surface area contributed by atoms with E-state index in [1.54, 1.807) is 26.4 Å². The van der Waals surface area contributed by atoms with E-state index in [1.807, 2.05) is 24.3 Å². The highest BCUT2D eigenvalue weighted by Gasteiger charge is 2.33. The largest absolute Gasteiger partial charge is 0.497 e. The van der Waals surface area contributed by atoms with E-state index in [1.165, 1.54) is 10.6 Å². The number of aromatic nitrogens is 1. The molecule has 0 saturated heterocycles. The molecular weight excluding hydrogens is 292 g/mol. The highest BCUT2D eigenvalue weighted by atomic mass is 16.5. The van der Waals surface area contributed by atoms with Crippen molar-refractivity contribution < 1.29 is 9.53 Å². The summed E-state index contributed by atoms with van der Waals surface area (Å²) in [5.41, 5.74) is 1.27. The number of methoxy groups -OCH3 is 1. The molecule has 120 valence electrons. The van der Waals surface area contributed by atoms with Gasteiger partial charge in [-0.1, -0.05) is 12.1 Å². The normalized spacial score (nSPS) is 15.0. The van der Waals surface area contributed by atoms with E-state index in [0.29, 0.717) is 11.5 Å². The van der Waals surface area contributed by atoms with Gasteiger partial charge >= 0.3 is 0 Å². The molecule has 1 N–H and O–H groups in total. The molecule has 1 atom stereocenters. The van der Waals surface area contributed by atoms with Crippen LogP contribution in [0.25, 0.3) is 0 Å². The van der Waals surface area contributed by atoms with Crippen molar-refractivity contribution in [1.82, 2.24) is 9.88 Å². The van der Waals surface area contributed by atoms with Crippen LogP contribution in [-0.2, 0) is 7.05 Å². The maximum atomic E-state index is 12.5. The Bertz CT molecular complexity index is 761. The smallest absolute Gasteiger partial charge is 0.252 e. The van der Waals surface area contributed by atoms with E-state index in [9.17, 15) is 9.59 Å². The number of amides is 1. The Morgan fingerprint density at radius 3 is 2.52 bits per heavy atom. The maximum absolute atomic E-state index is 12.5. The second kappa shape index (κ2) is 6.28. The van der Waals surface area contributed by atoms with Crippen molar-refractivity contribution in [2.24, 2.45) is 13.0 Å². The molecule has 1 heterocycles. The number of nitrogens with one attached hydrogen (secondary N) is 1. The fourth-order valence-corrected chi connectivity index (χ4v) is 2.63. The summed E-state index contributed by atoms with van der Waals surface area (Å²) in [4.78, 5) is 24.1. The molecule has 5 heteroatoms. The monoisotopic (exact) mass is 312 g/mol. The zero-order chi connectivity index (χ0) is 16.4. The van der Waals surface area contributed by atoms with Gasteiger partial charge in [-0.15, -0.1) is 0 Å². The molecule has 0 spiro atoms. The van der Waals surface area contributed by atoms with Crippen LogP contribution in [0.15, 0.2) is 47.4 Å². The van der Waals surface area contributed by atoms with Crippen molar-refractivity contribution in [3.8, 4) is 5.75 Å². The van der Waals surface area contributed by atoms with Crippen LogP contribution in [0.4, 0.5) is 0 Å². The minimum absolute atomic E-state index is 0.0301. The second-order valence-electron chi connectivity index (χ2n) is 5.93. The van der Waals surface area contributed by atoms with E-state index >= 15 is 0 Å². The van der Waals surface area contributed by atoms with E-state index in [4.69, 9.17) is 4.74 Å². The minimum Gasteiger partial charge on any atom is -0.497 e. The molecule has 0 bridgehead atoms. The van der Waals surface area contributed by atoms with Gasteiger partial charge in [0.2, 0.25) is 0 Å². The molecule has 1 aliphatic carbocycles. The lowest BCUT2D eigenvalue weighted by Gasteiger charge is -2.19. The number of ether oxygens (including phenoxy) is 1. The van der Waals surface area contributed by atoms with Crippen molar-refractivity contribution in [3.05, 3.63) is 64.1 Å². The Kier molecular flexibility index (Phi) is 4.19. The van der Waals surface area contributed by atoms with Crippen molar-refractivity contribution >= 4 is 5.91 Å². The molecular formula is C18H20N2O3. The molecule has 0 aliphatic heterocycles. The highest BCUT2D eigenvalue weighted by molar-refractivity contribution is 5.94. The van der Waals surface area contributed by atoms with Crippen LogP contribution < -0.4 is 15.6 Å². The van der Waals surface area contributed by atoms with E-state index in [0.717, 1.165) is 24.2 Å². The van der Waals surface area contributed by atoms with Gasteiger partial charge in [0, 0.05) is 24.9 Å². The molecule has 0 radical (unpaired) electrons. The number of benzene rings is 1. The third-order valence-electron chi connectivity index (χ3n) is 4.22. The quantitative estimate of drug-likeness (QED) is 0.921. The minimum atomic E-state index is -0.213. The first-order valence-corrected chi connectivity index (χ1v) is 7.70. The Hall–Kier alpha value is -2.56. The van der Waals surface area contributed by atoms with Gasteiger partial charge in [-0.05, 0) is 42.5 Å². The van der Waals surface area contributed by atoms with Gasteiger partial charge in [0.1, 0.15) is 5.75 Å². The van der Waals surface area contributed by atoms with Gasteiger partial charge < -0.3 is 14.6 Å². The summed E-state index contributed by atoms with van der Waals surface area (Å²) in [5, 5.41) is 3.07. The molecule has 1 aromatic heterocycles. The summed E-state index contributed by atoms with van der Waals surface area (Å²) >= 11 is 0. The summed E-state index contributed by atoms with van der Waals surface area (Å²) < 4.78 is 6.62. The van der Waals surface area contributed by atoms with Crippen molar-refractivity contribution in [1.29, 1.82) is 0 Å². The Morgan fingerprint density at radius 2 is 1.96 bits per heavy atom. The molecule has 1 aliphatic rings. The summed E-state index contributed by atoms with van der Waals surface area (Å²) in [6.45, 7) is 0. The lowest BCUT2D eigenvalue weighted by Crippen LogP contribution is -2.31. The average Bonchev–Trinajstić information content (AvgIpc) is 3.40. The number of nitrogens with zero attached hydrogens (tertiary/aromatic N) is 1. The second-order valence-corrected chi connectivity index (χ2v) is 5.93. The SMILES string of the molecule is COc1ccc([C@H](NC(=O)c2ccn(C)c(=O)c2)C2CC2)cc1. The topological polar surface area (TPSA) is 60.3 Å². The summed E-state index contributed by atoms with van der Waals surface area (Å²) in [7, 11) is 3.29. The van der Waals surface area contributed by atoms with E-state index in [2.05, 4.69) is 5.32 Å². The number of carbonyl (C=O) groups excluding carboxylic acids is 1. The predicted molar refractivity (Wildman–Crippen MR) is 87.6 cm³/mol. The van der Waals surface area contributed by atoms with Crippen LogP contribution in [0.3, 0.4) is 0 Å². The summed E-state index contributed by atoms with van der Waals surface area (Å²) in [6.07, 6.45) is 3.82. The van der Waals surface area contributed by atoms with Crippen LogP contribution in [-0.4, -0.2) is 17.6 Å². The number of aryl methyl sites for hydroxylation is 1. The van der Waals surface area contributed by atoms with E-state index < -0.39 is 0 Å². The first-order chi connectivity index (χ1) is 11.1. The summed E-state index contributed by atoms with van der Waals surface area (Å²) in [5.74, 6) is 1.04. The van der Waals surface area contributed by atoms with Crippen molar-refractivity contribution in [3.63, 3.8) is 0 Å². The Labute approximate surface area is 134 Å². The fourth-order valence-electron chi connectivity index (χ4n) is 2.63. The number of rotatable bonds is 5. The third kappa shape index (κ3) is 3.44. The average molecular weight is 312 g/mol. The molecule has 1 fully saturated rings. The van der Waals surface area contributed by atoms with Gasteiger partial charge in [-0.25, -0.2) is 0 Å². The lowest BCUT2D eigenvalue weighted by molar-refractivity contribution is 0.0931. The van der Waals surface area contributed by atoms with Gasteiger partial charge in [-0.2, -0.15) is 0 Å².